The number of benzene rings is 1. The summed E-state index contributed by atoms with van der Waals surface area (Å²) in [6, 6.07) is 9.87. The lowest BCUT2D eigenvalue weighted by atomic mass is 9.86. The third-order valence-electron chi connectivity index (χ3n) is 5.50. The molecular formula is C21H29N5O2. The monoisotopic (exact) mass is 383 g/mol. The first-order valence-corrected chi connectivity index (χ1v) is 9.65. The molecule has 0 spiro atoms. The number of hydrogen-bond acceptors (Lipinski definition) is 4. The Morgan fingerprint density at radius 3 is 2.54 bits per heavy atom. The molecular weight excluding hydrogens is 354 g/mol. The van der Waals surface area contributed by atoms with Gasteiger partial charge in [-0.05, 0) is 12.8 Å². The minimum atomic E-state index is -1.01. The fraction of sp³-hybridized carbons (Fsp3) is 0.476. The normalized spacial score (nSPS) is 15.6. The van der Waals surface area contributed by atoms with Crippen molar-refractivity contribution in [2.45, 2.75) is 39.4 Å². The molecule has 2 heterocycles. The summed E-state index contributed by atoms with van der Waals surface area (Å²) in [7, 11) is 3.40. The molecule has 0 fully saturated rings. The third kappa shape index (κ3) is 3.54. The summed E-state index contributed by atoms with van der Waals surface area (Å²) >= 11 is 0. The summed E-state index contributed by atoms with van der Waals surface area (Å²) in [4.78, 5) is 32.2. The van der Waals surface area contributed by atoms with Crippen LogP contribution in [-0.4, -0.2) is 52.4 Å². The number of carbonyl (C=O) groups is 2. The van der Waals surface area contributed by atoms with Crippen LogP contribution in [0.2, 0.25) is 0 Å². The van der Waals surface area contributed by atoms with Gasteiger partial charge in [0.1, 0.15) is 11.4 Å². The number of imidazole rings is 1. The van der Waals surface area contributed by atoms with Gasteiger partial charge in [0, 0.05) is 39.3 Å². The second-order valence-corrected chi connectivity index (χ2v) is 7.94. The van der Waals surface area contributed by atoms with E-state index in [1.165, 1.54) is 4.90 Å². The van der Waals surface area contributed by atoms with E-state index in [4.69, 9.17) is 4.98 Å². The summed E-state index contributed by atoms with van der Waals surface area (Å²) in [5, 5.41) is 6.28. The molecule has 1 aromatic carbocycles. The Labute approximate surface area is 166 Å². The van der Waals surface area contributed by atoms with Gasteiger partial charge in [-0.25, -0.2) is 4.98 Å². The number of likely N-dealkylation sites (N-methyl/N-ethyl adjacent to an activating group) is 1. The zero-order valence-corrected chi connectivity index (χ0v) is 17.2. The van der Waals surface area contributed by atoms with Crippen LogP contribution in [0.25, 0.3) is 11.4 Å². The molecule has 2 aromatic rings. The largest absolute Gasteiger partial charge is 0.347 e. The molecule has 0 radical (unpaired) electrons. The van der Waals surface area contributed by atoms with Gasteiger partial charge in [-0.1, -0.05) is 44.2 Å². The number of fused-ring (bicyclic) bond motifs is 1. The van der Waals surface area contributed by atoms with Gasteiger partial charge in [-0.3, -0.25) is 9.59 Å². The molecule has 1 aliphatic rings. The predicted molar refractivity (Wildman–Crippen MR) is 109 cm³/mol. The third-order valence-corrected chi connectivity index (χ3v) is 5.50. The number of carbonyl (C=O) groups excluding carboxylic acids is 2. The van der Waals surface area contributed by atoms with Crippen LogP contribution >= 0.6 is 0 Å². The van der Waals surface area contributed by atoms with Crippen molar-refractivity contribution in [3.05, 3.63) is 41.7 Å². The van der Waals surface area contributed by atoms with Gasteiger partial charge in [0.15, 0.2) is 5.69 Å². The fourth-order valence-corrected chi connectivity index (χ4v) is 3.50. The van der Waals surface area contributed by atoms with Crippen molar-refractivity contribution in [3.8, 4) is 11.4 Å². The van der Waals surface area contributed by atoms with E-state index < -0.39 is 5.54 Å². The van der Waals surface area contributed by atoms with Crippen LogP contribution in [0.4, 0.5) is 0 Å². The van der Waals surface area contributed by atoms with Crippen LogP contribution in [0, 0.1) is 5.92 Å². The fourth-order valence-electron chi connectivity index (χ4n) is 3.50. The highest BCUT2D eigenvalue weighted by Crippen LogP contribution is 2.26. The summed E-state index contributed by atoms with van der Waals surface area (Å²) < 4.78 is 2.10. The van der Waals surface area contributed by atoms with E-state index in [0.29, 0.717) is 12.2 Å². The van der Waals surface area contributed by atoms with Gasteiger partial charge in [-0.15, -0.1) is 0 Å². The molecule has 3 rings (SSSR count). The topological polar surface area (TPSA) is 79.3 Å². The maximum atomic E-state index is 13.2. The molecule has 7 nitrogen and oxygen atoms in total. The number of aromatic nitrogens is 2. The first-order valence-electron chi connectivity index (χ1n) is 9.65. The van der Waals surface area contributed by atoms with Crippen molar-refractivity contribution in [1.29, 1.82) is 0 Å². The van der Waals surface area contributed by atoms with Crippen LogP contribution in [0.1, 0.15) is 37.0 Å². The zero-order valence-electron chi connectivity index (χ0n) is 17.2. The van der Waals surface area contributed by atoms with Gasteiger partial charge in [-0.2, -0.15) is 0 Å². The van der Waals surface area contributed by atoms with Crippen LogP contribution < -0.4 is 10.6 Å². The molecule has 1 unspecified atom stereocenters. The van der Waals surface area contributed by atoms with E-state index in [1.54, 1.807) is 21.0 Å². The minimum Gasteiger partial charge on any atom is -0.347 e. The predicted octanol–water partition coefficient (Wildman–Crippen LogP) is 1.89. The minimum absolute atomic E-state index is 0.0727. The van der Waals surface area contributed by atoms with Crippen LogP contribution in [-0.2, 0) is 17.9 Å². The Hall–Kier alpha value is -2.67. The van der Waals surface area contributed by atoms with E-state index in [2.05, 4.69) is 15.2 Å². The quantitative estimate of drug-likeness (QED) is 0.826. The van der Waals surface area contributed by atoms with Gasteiger partial charge in [0.25, 0.3) is 5.91 Å². The Morgan fingerprint density at radius 2 is 1.93 bits per heavy atom. The van der Waals surface area contributed by atoms with Crippen LogP contribution in [0.3, 0.4) is 0 Å². The smallest absolute Gasteiger partial charge is 0.272 e. The molecule has 0 aliphatic carbocycles. The van der Waals surface area contributed by atoms with Gasteiger partial charge in [0.05, 0.1) is 5.69 Å². The van der Waals surface area contributed by atoms with Crippen molar-refractivity contribution < 1.29 is 9.59 Å². The van der Waals surface area contributed by atoms with E-state index >= 15 is 0 Å². The van der Waals surface area contributed by atoms with Crippen molar-refractivity contribution in [2.24, 2.45) is 5.92 Å². The molecule has 0 saturated carbocycles. The number of nitrogens with one attached hydrogen (secondary N) is 2. The summed E-state index contributed by atoms with van der Waals surface area (Å²) in [6.07, 6.45) is 0. The zero-order chi connectivity index (χ0) is 20.5. The molecule has 150 valence electrons. The summed E-state index contributed by atoms with van der Waals surface area (Å²) in [5.74, 6) is 0.260. The second-order valence-electron chi connectivity index (χ2n) is 7.94. The molecule has 2 amide bonds. The molecule has 2 N–H and O–H groups in total. The SMILES string of the molecule is CC(C)C(C)(NC(=O)c1nc(-c2ccccc2)n2c1CNCC2)C(=O)N(C)C. The Kier molecular flexibility index (Phi) is 5.56. The lowest BCUT2D eigenvalue weighted by molar-refractivity contribution is -0.136. The van der Waals surface area contributed by atoms with E-state index in [1.807, 2.05) is 44.2 Å². The van der Waals surface area contributed by atoms with Crippen LogP contribution in [0.15, 0.2) is 30.3 Å². The van der Waals surface area contributed by atoms with Crippen molar-refractivity contribution in [3.63, 3.8) is 0 Å². The highest BCUT2D eigenvalue weighted by molar-refractivity contribution is 5.99. The van der Waals surface area contributed by atoms with Crippen molar-refractivity contribution >= 4 is 11.8 Å². The molecule has 7 heteroatoms. The van der Waals surface area contributed by atoms with Gasteiger partial charge >= 0.3 is 0 Å². The van der Waals surface area contributed by atoms with Gasteiger partial charge in [0.2, 0.25) is 5.91 Å². The summed E-state index contributed by atoms with van der Waals surface area (Å²) in [5.41, 5.74) is 1.20. The summed E-state index contributed by atoms with van der Waals surface area (Å²) in [6.45, 7) is 7.78. The lowest BCUT2D eigenvalue weighted by Gasteiger charge is -2.35. The molecule has 0 bridgehead atoms. The molecule has 1 atom stereocenters. The van der Waals surface area contributed by atoms with E-state index in [0.717, 1.165) is 30.2 Å². The Morgan fingerprint density at radius 1 is 1.25 bits per heavy atom. The average molecular weight is 383 g/mol. The average Bonchev–Trinajstić information content (AvgIpc) is 3.07. The number of nitrogens with zero attached hydrogens (tertiary/aromatic N) is 3. The van der Waals surface area contributed by atoms with Crippen LogP contribution in [0.5, 0.6) is 0 Å². The lowest BCUT2D eigenvalue weighted by Crippen LogP contribution is -2.59. The van der Waals surface area contributed by atoms with Crippen molar-refractivity contribution in [1.82, 2.24) is 25.1 Å². The standard InChI is InChI=1S/C21H29N5O2/c1-14(2)21(3,20(28)25(4)5)24-19(27)17-16-13-22-11-12-26(16)18(23-17)15-9-7-6-8-10-15/h6-10,14,22H,11-13H2,1-5H3,(H,24,27). The highest BCUT2D eigenvalue weighted by Gasteiger charge is 2.40. The Bertz CT molecular complexity index is 872. The maximum absolute atomic E-state index is 13.2. The molecule has 1 aromatic heterocycles. The van der Waals surface area contributed by atoms with Gasteiger partial charge < -0.3 is 20.1 Å². The number of rotatable bonds is 5. The maximum Gasteiger partial charge on any atom is 0.272 e. The molecule has 1 aliphatic heterocycles. The first kappa shape index (κ1) is 20.1. The first-order chi connectivity index (χ1) is 13.3. The Balaban J connectivity index is 2.00. The number of amides is 2. The number of hydrogen-bond donors (Lipinski definition) is 2. The highest BCUT2D eigenvalue weighted by atomic mass is 16.2. The van der Waals surface area contributed by atoms with E-state index in [-0.39, 0.29) is 17.7 Å². The second kappa shape index (κ2) is 7.75. The van der Waals surface area contributed by atoms with Crippen molar-refractivity contribution in [2.75, 3.05) is 20.6 Å². The molecule has 28 heavy (non-hydrogen) atoms. The van der Waals surface area contributed by atoms with E-state index in [9.17, 15) is 9.59 Å². The molecule has 0 saturated heterocycles.